The summed E-state index contributed by atoms with van der Waals surface area (Å²) in [4.78, 5) is 2.41. The molecule has 0 unspecified atom stereocenters. The number of thiophene rings is 1. The summed E-state index contributed by atoms with van der Waals surface area (Å²) in [6, 6.07) is 42.0. The third-order valence-corrected chi connectivity index (χ3v) is 9.08. The Kier molecular flexibility index (Phi) is 6.40. The first-order valence-electron chi connectivity index (χ1n) is 13.3. The van der Waals surface area contributed by atoms with Crippen molar-refractivity contribution in [3.8, 4) is 22.3 Å². The van der Waals surface area contributed by atoms with Crippen LogP contribution >= 0.6 is 27.3 Å². The molecule has 0 spiro atoms. The van der Waals surface area contributed by atoms with E-state index >= 15 is 0 Å². The second-order valence-corrected chi connectivity index (χ2v) is 11.9. The number of fused-ring (bicyclic) bond motifs is 3. The SMILES string of the molecule is Brc1ccc(-c2cccc(N(C3=CC=CCC3)c3ccc(-c4ccc5sc6ccccc6c5c4)cc3)c2)cc1. The van der Waals surface area contributed by atoms with Gasteiger partial charge in [0, 0.05) is 41.7 Å². The maximum atomic E-state index is 3.56. The largest absolute Gasteiger partial charge is 0.314 e. The van der Waals surface area contributed by atoms with Gasteiger partial charge in [-0.1, -0.05) is 88.7 Å². The smallest absolute Gasteiger partial charge is 0.0464 e. The van der Waals surface area contributed by atoms with Gasteiger partial charge in [0.05, 0.1) is 0 Å². The van der Waals surface area contributed by atoms with Gasteiger partial charge in [-0.3, -0.25) is 0 Å². The highest BCUT2D eigenvalue weighted by Gasteiger charge is 2.17. The molecular weight excluding hydrogens is 558 g/mol. The lowest BCUT2D eigenvalue weighted by Crippen LogP contribution is -2.17. The van der Waals surface area contributed by atoms with Crippen LogP contribution in [0.2, 0.25) is 0 Å². The molecule has 1 heterocycles. The summed E-state index contributed by atoms with van der Waals surface area (Å²) < 4.78 is 3.77. The fraction of sp³-hybridized carbons (Fsp3) is 0.0556. The zero-order valence-electron chi connectivity index (χ0n) is 21.3. The Morgan fingerprint density at radius 3 is 2.10 bits per heavy atom. The minimum Gasteiger partial charge on any atom is -0.314 e. The van der Waals surface area contributed by atoms with E-state index in [1.807, 2.05) is 11.3 Å². The topological polar surface area (TPSA) is 3.24 Å². The van der Waals surface area contributed by atoms with Crippen molar-refractivity contribution >= 4 is 58.8 Å². The highest BCUT2D eigenvalue weighted by molar-refractivity contribution is 9.10. The Balaban J connectivity index is 1.27. The Bertz CT molecular complexity index is 1860. The summed E-state index contributed by atoms with van der Waals surface area (Å²) in [6.07, 6.45) is 8.75. The maximum Gasteiger partial charge on any atom is 0.0464 e. The highest BCUT2D eigenvalue weighted by Crippen LogP contribution is 2.39. The van der Waals surface area contributed by atoms with Crippen molar-refractivity contribution < 1.29 is 0 Å². The van der Waals surface area contributed by atoms with Gasteiger partial charge in [-0.05, 0) is 95.8 Å². The molecule has 1 aliphatic rings. The molecule has 0 N–H and O–H groups in total. The van der Waals surface area contributed by atoms with E-state index in [9.17, 15) is 0 Å². The van der Waals surface area contributed by atoms with E-state index in [4.69, 9.17) is 0 Å². The van der Waals surface area contributed by atoms with Gasteiger partial charge in [0.25, 0.3) is 0 Å². The van der Waals surface area contributed by atoms with E-state index in [1.165, 1.54) is 59.5 Å². The number of nitrogens with zero attached hydrogens (tertiary/aromatic N) is 1. The average molecular weight is 585 g/mol. The zero-order valence-corrected chi connectivity index (χ0v) is 23.8. The Labute approximate surface area is 241 Å². The lowest BCUT2D eigenvalue weighted by atomic mass is 10.0. The molecule has 0 saturated heterocycles. The molecule has 1 aromatic heterocycles. The van der Waals surface area contributed by atoms with E-state index in [0.29, 0.717) is 0 Å². The number of halogens is 1. The molecule has 0 atom stereocenters. The van der Waals surface area contributed by atoms with Crippen LogP contribution in [-0.2, 0) is 0 Å². The maximum absolute atomic E-state index is 3.56. The Hall–Kier alpha value is -3.92. The predicted octanol–water partition coefficient (Wildman–Crippen LogP) is 11.5. The summed E-state index contributed by atoms with van der Waals surface area (Å²) in [7, 11) is 0. The van der Waals surface area contributed by atoms with Crippen molar-refractivity contribution in [3.63, 3.8) is 0 Å². The fourth-order valence-electron chi connectivity index (χ4n) is 5.43. The molecule has 0 radical (unpaired) electrons. The van der Waals surface area contributed by atoms with Gasteiger partial charge in [0.1, 0.15) is 0 Å². The molecule has 0 aliphatic heterocycles. The third-order valence-electron chi connectivity index (χ3n) is 7.40. The quantitative estimate of drug-likeness (QED) is 0.195. The van der Waals surface area contributed by atoms with Crippen molar-refractivity contribution in [2.24, 2.45) is 0 Å². The van der Waals surface area contributed by atoms with Crippen LogP contribution in [0.4, 0.5) is 11.4 Å². The minimum absolute atomic E-state index is 1.02. The second-order valence-electron chi connectivity index (χ2n) is 9.87. The number of hydrogen-bond donors (Lipinski definition) is 0. The van der Waals surface area contributed by atoms with E-state index in [1.54, 1.807) is 0 Å². The van der Waals surface area contributed by atoms with E-state index in [0.717, 1.165) is 17.3 Å². The van der Waals surface area contributed by atoms with Gasteiger partial charge in [-0.2, -0.15) is 0 Å². The van der Waals surface area contributed by atoms with Gasteiger partial charge in [-0.25, -0.2) is 0 Å². The van der Waals surface area contributed by atoms with Gasteiger partial charge >= 0.3 is 0 Å². The highest BCUT2D eigenvalue weighted by atomic mass is 79.9. The molecule has 1 nitrogen and oxygen atoms in total. The van der Waals surface area contributed by atoms with Crippen molar-refractivity contribution in [3.05, 3.63) is 144 Å². The molecule has 1 aliphatic carbocycles. The first-order chi connectivity index (χ1) is 19.2. The average Bonchev–Trinajstić information content (AvgIpc) is 3.37. The number of anilines is 2. The summed E-state index contributed by atoms with van der Waals surface area (Å²) in [5.74, 6) is 0. The van der Waals surface area contributed by atoms with Gasteiger partial charge in [-0.15, -0.1) is 11.3 Å². The fourth-order valence-corrected chi connectivity index (χ4v) is 6.78. The summed E-state index contributed by atoms with van der Waals surface area (Å²) >= 11 is 5.42. The normalized spacial score (nSPS) is 13.1. The zero-order chi connectivity index (χ0) is 26.2. The lowest BCUT2D eigenvalue weighted by molar-refractivity contribution is 0.918. The molecule has 188 valence electrons. The second kappa shape index (κ2) is 10.3. The third kappa shape index (κ3) is 4.73. The molecule has 0 bridgehead atoms. The monoisotopic (exact) mass is 583 g/mol. The predicted molar refractivity (Wildman–Crippen MR) is 173 cm³/mol. The first kappa shape index (κ1) is 24.1. The molecule has 0 fully saturated rings. The molecular formula is C36H26BrNS. The summed E-state index contributed by atoms with van der Waals surface area (Å²) in [5.41, 5.74) is 8.57. The van der Waals surface area contributed by atoms with Gasteiger partial charge in [0.15, 0.2) is 0 Å². The van der Waals surface area contributed by atoms with E-state index in [2.05, 4.69) is 154 Å². The summed E-state index contributed by atoms with van der Waals surface area (Å²) in [6.45, 7) is 0. The van der Waals surface area contributed by atoms with Gasteiger partial charge in [0.2, 0.25) is 0 Å². The van der Waals surface area contributed by atoms with Crippen LogP contribution in [0.1, 0.15) is 12.8 Å². The molecule has 0 amide bonds. The van der Waals surface area contributed by atoms with E-state index in [-0.39, 0.29) is 0 Å². The molecule has 39 heavy (non-hydrogen) atoms. The van der Waals surface area contributed by atoms with Crippen LogP contribution < -0.4 is 4.90 Å². The first-order valence-corrected chi connectivity index (χ1v) is 14.9. The molecule has 5 aromatic carbocycles. The van der Waals surface area contributed by atoms with Crippen LogP contribution in [-0.4, -0.2) is 0 Å². The van der Waals surface area contributed by atoms with Gasteiger partial charge < -0.3 is 4.90 Å². The minimum atomic E-state index is 1.02. The van der Waals surface area contributed by atoms with Crippen LogP contribution in [0.25, 0.3) is 42.4 Å². The number of allylic oxidation sites excluding steroid dienone is 4. The molecule has 3 heteroatoms. The lowest BCUT2D eigenvalue weighted by Gasteiger charge is -2.29. The molecule has 7 rings (SSSR count). The van der Waals surface area contributed by atoms with Crippen molar-refractivity contribution in [2.75, 3.05) is 4.90 Å². The van der Waals surface area contributed by atoms with Crippen molar-refractivity contribution in [1.82, 2.24) is 0 Å². The van der Waals surface area contributed by atoms with Crippen LogP contribution in [0, 0.1) is 0 Å². The van der Waals surface area contributed by atoms with Crippen LogP contribution in [0.5, 0.6) is 0 Å². The number of benzene rings is 5. The molecule has 6 aromatic rings. The standard InChI is InChI=1S/C36H26BrNS/c37-29-18-13-25(14-19-29)27-7-6-10-32(23-27)38(30-8-2-1-3-9-30)31-20-15-26(16-21-31)28-17-22-36-34(24-28)33-11-4-5-12-35(33)39-36/h1-2,4-8,10-24H,3,9H2. The van der Waals surface area contributed by atoms with Crippen molar-refractivity contribution in [2.45, 2.75) is 12.8 Å². The Morgan fingerprint density at radius 1 is 0.590 bits per heavy atom. The number of rotatable bonds is 5. The Morgan fingerprint density at radius 2 is 1.31 bits per heavy atom. The van der Waals surface area contributed by atoms with Crippen molar-refractivity contribution in [1.29, 1.82) is 0 Å². The number of hydrogen-bond acceptors (Lipinski definition) is 2. The van der Waals surface area contributed by atoms with E-state index < -0.39 is 0 Å². The molecule has 0 saturated carbocycles. The van der Waals surface area contributed by atoms with Crippen LogP contribution in [0.3, 0.4) is 0 Å². The summed E-state index contributed by atoms with van der Waals surface area (Å²) in [5, 5.41) is 2.67. The van der Waals surface area contributed by atoms with Crippen LogP contribution in [0.15, 0.2) is 144 Å².